The van der Waals surface area contributed by atoms with Gasteiger partial charge in [0.05, 0.1) is 6.10 Å². The lowest BCUT2D eigenvalue weighted by Crippen LogP contribution is -2.40. The molecule has 0 aliphatic carbocycles. The number of halogens is 1. The number of nitrogens with zero attached hydrogens (tertiary/aromatic N) is 2. The van der Waals surface area contributed by atoms with Crippen LogP contribution in [-0.4, -0.2) is 68.3 Å². The third-order valence-corrected chi connectivity index (χ3v) is 7.70. The van der Waals surface area contributed by atoms with Gasteiger partial charge in [0, 0.05) is 24.7 Å². The minimum Gasteiger partial charge on any atom is -0.491 e. The molecular formula is C26H41BrN2O3. The van der Waals surface area contributed by atoms with Crippen LogP contribution < -0.4 is 4.74 Å². The molecule has 0 spiro atoms. The van der Waals surface area contributed by atoms with Crippen molar-refractivity contribution in [2.75, 3.05) is 46.4 Å². The van der Waals surface area contributed by atoms with Gasteiger partial charge in [0.1, 0.15) is 12.4 Å². The number of benzene rings is 1. The molecule has 1 aromatic rings. The van der Waals surface area contributed by atoms with Crippen LogP contribution in [0.4, 0.5) is 0 Å². The summed E-state index contributed by atoms with van der Waals surface area (Å²) in [6, 6.07) is 6.39. The number of amides is 1. The monoisotopic (exact) mass is 508 g/mol. The van der Waals surface area contributed by atoms with Crippen LogP contribution in [0.25, 0.3) is 0 Å². The molecule has 1 amide bonds. The number of piperidine rings is 2. The Labute approximate surface area is 202 Å². The summed E-state index contributed by atoms with van der Waals surface area (Å²) in [6.45, 7) is 9.82. The first kappa shape index (κ1) is 25.5. The smallest absolute Gasteiger partial charge is 0.248 e. The maximum absolute atomic E-state index is 11.9. The molecule has 0 radical (unpaired) electrons. The summed E-state index contributed by atoms with van der Waals surface area (Å²) in [5.41, 5.74) is 1.37. The summed E-state index contributed by atoms with van der Waals surface area (Å²) in [6.07, 6.45) is 8.76. The summed E-state index contributed by atoms with van der Waals surface area (Å²) in [5, 5.41) is 0. The van der Waals surface area contributed by atoms with E-state index in [1.165, 1.54) is 55.4 Å². The van der Waals surface area contributed by atoms with Gasteiger partial charge in [-0.25, -0.2) is 0 Å². The summed E-state index contributed by atoms with van der Waals surface area (Å²) in [4.78, 5) is 16.5. The maximum Gasteiger partial charge on any atom is 0.248 e. The van der Waals surface area contributed by atoms with Gasteiger partial charge in [0.2, 0.25) is 5.91 Å². The normalized spacial score (nSPS) is 19.0. The number of carbonyl (C=O) groups excluding carboxylic acids is 1. The van der Waals surface area contributed by atoms with E-state index in [1.54, 1.807) is 7.11 Å². The van der Waals surface area contributed by atoms with Crippen molar-refractivity contribution in [3.8, 4) is 5.75 Å². The third-order valence-electron chi connectivity index (χ3n) is 6.93. The molecule has 2 fully saturated rings. The highest BCUT2D eigenvalue weighted by molar-refractivity contribution is 9.10. The van der Waals surface area contributed by atoms with E-state index in [1.807, 2.05) is 4.90 Å². The van der Waals surface area contributed by atoms with Gasteiger partial charge in [-0.3, -0.25) is 4.79 Å². The molecule has 32 heavy (non-hydrogen) atoms. The van der Waals surface area contributed by atoms with E-state index in [0.717, 1.165) is 49.9 Å². The molecular weight excluding hydrogens is 468 g/mol. The molecule has 3 rings (SSSR count). The van der Waals surface area contributed by atoms with Crippen molar-refractivity contribution in [3.05, 3.63) is 28.2 Å². The second kappa shape index (κ2) is 13.0. The molecule has 180 valence electrons. The SMILES string of the molecule is COCC(=O)N1CCC(CCCN2CCC(Cc3cc(OC(C)C)ccc3Br)CC2)CC1. The summed E-state index contributed by atoms with van der Waals surface area (Å²) in [7, 11) is 1.59. The van der Waals surface area contributed by atoms with Gasteiger partial charge in [0.25, 0.3) is 0 Å². The van der Waals surface area contributed by atoms with Gasteiger partial charge >= 0.3 is 0 Å². The van der Waals surface area contributed by atoms with Crippen molar-refractivity contribution >= 4 is 21.8 Å². The van der Waals surface area contributed by atoms with Gasteiger partial charge in [-0.2, -0.15) is 0 Å². The van der Waals surface area contributed by atoms with Crippen molar-refractivity contribution < 1.29 is 14.3 Å². The van der Waals surface area contributed by atoms with E-state index < -0.39 is 0 Å². The topological polar surface area (TPSA) is 42.0 Å². The highest BCUT2D eigenvalue weighted by Gasteiger charge is 2.24. The Morgan fingerprint density at radius 1 is 1.09 bits per heavy atom. The Balaban J connectivity index is 1.32. The first-order valence-corrected chi connectivity index (χ1v) is 13.2. The predicted molar refractivity (Wildman–Crippen MR) is 133 cm³/mol. The fraction of sp³-hybridized carbons (Fsp3) is 0.731. The van der Waals surface area contributed by atoms with E-state index in [2.05, 4.69) is 52.9 Å². The number of hydrogen-bond acceptors (Lipinski definition) is 4. The highest BCUT2D eigenvalue weighted by Crippen LogP contribution is 2.29. The zero-order valence-electron chi connectivity index (χ0n) is 20.2. The van der Waals surface area contributed by atoms with Crippen molar-refractivity contribution in [1.29, 1.82) is 0 Å². The molecule has 6 heteroatoms. The van der Waals surface area contributed by atoms with Crippen LogP contribution >= 0.6 is 15.9 Å². The molecule has 0 bridgehead atoms. The molecule has 0 unspecified atom stereocenters. The predicted octanol–water partition coefficient (Wildman–Crippen LogP) is 5.16. The number of carbonyl (C=O) groups is 1. The van der Waals surface area contributed by atoms with Crippen LogP contribution in [0.1, 0.15) is 57.9 Å². The molecule has 2 aliphatic heterocycles. The molecule has 0 N–H and O–H groups in total. The quantitative estimate of drug-likeness (QED) is 0.437. The second-order valence-corrected chi connectivity index (χ2v) is 10.7. The van der Waals surface area contributed by atoms with E-state index in [4.69, 9.17) is 9.47 Å². The van der Waals surface area contributed by atoms with Crippen molar-refractivity contribution in [3.63, 3.8) is 0 Å². The molecule has 5 nitrogen and oxygen atoms in total. The molecule has 2 aliphatic rings. The molecule has 2 saturated heterocycles. The van der Waals surface area contributed by atoms with Crippen molar-refractivity contribution in [1.82, 2.24) is 9.80 Å². The van der Waals surface area contributed by atoms with Gasteiger partial charge in [0.15, 0.2) is 0 Å². The fourth-order valence-corrected chi connectivity index (χ4v) is 5.48. The van der Waals surface area contributed by atoms with Crippen LogP contribution in [0, 0.1) is 11.8 Å². The van der Waals surface area contributed by atoms with Crippen LogP contribution in [0.5, 0.6) is 5.75 Å². The minimum absolute atomic E-state index is 0.139. The summed E-state index contributed by atoms with van der Waals surface area (Å²) in [5.74, 6) is 2.65. The average molecular weight is 510 g/mol. The van der Waals surface area contributed by atoms with Crippen molar-refractivity contribution in [2.45, 2.75) is 64.9 Å². The number of likely N-dealkylation sites (tertiary alicyclic amines) is 2. The Hall–Kier alpha value is -1.11. The molecule has 0 saturated carbocycles. The fourth-order valence-electron chi connectivity index (χ4n) is 5.07. The number of ether oxygens (including phenoxy) is 2. The van der Waals surface area contributed by atoms with E-state index in [9.17, 15) is 4.79 Å². The minimum atomic E-state index is 0.139. The van der Waals surface area contributed by atoms with Gasteiger partial charge in [-0.1, -0.05) is 15.9 Å². The second-order valence-electron chi connectivity index (χ2n) is 9.81. The van der Waals surface area contributed by atoms with Gasteiger partial charge < -0.3 is 19.3 Å². The lowest BCUT2D eigenvalue weighted by atomic mass is 9.89. The van der Waals surface area contributed by atoms with Crippen LogP contribution in [0.15, 0.2) is 22.7 Å². The van der Waals surface area contributed by atoms with Gasteiger partial charge in [-0.05, 0) is 114 Å². The van der Waals surface area contributed by atoms with Gasteiger partial charge in [-0.15, -0.1) is 0 Å². The average Bonchev–Trinajstić information content (AvgIpc) is 2.77. The number of hydrogen-bond donors (Lipinski definition) is 0. The van der Waals surface area contributed by atoms with Crippen LogP contribution in [-0.2, 0) is 16.0 Å². The van der Waals surface area contributed by atoms with E-state index in [0.29, 0.717) is 0 Å². The third kappa shape index (κ3) is 8.03. The molecule has 0 atom stereocenters. The standard InChI is InChI=1S/C26H41BrN2O3/c1-20(2)32-24-6-7-25(27)23(18-24)17-22-8-13-28(14-9-22)12-4-5-21-10-15-29(16-11-21)26(30)19-31-3/h6-7,18,20-22H,4-5,8-17,19H2,1-3H3. The largest absolute Gasteiger partial charge is 0.491 e. The van der Waals surface area contributed by atoms with E-state index in [-0.39, 0.29) is 18.6 Å². The molecule has 0 aromatic heterocycles. The van der Waals surface area contributed by atoms with Crippen LogP contribution in [0.2, 0.25) is 0 Å². The zero-order valence-corrected chi connectivity index (χ0v) is 21.7. The maximum atomic E-state index is 11.9. The van der Waals surface area contributed by atoms with Crippen LogP contribution in [0.3, 0.4) is 0 Å². The molecule has 1 aromatic carbocycles. The summed E-state index contributed by atoms with van der Waals surface area (Å²) >= 11 is 3.73. The van der Waals surface area contributed by atoms with Crippen molar-refractivity contribution in [2.24, 2.45) is 11.8 Å². The Kier molecular flexibility index (Phi) is 10.3. The lowest BCUT2D eigenvalue weighted by molar-refractivity contribution is -0.136. The lowest BCUT2D eigenvalue weighted by Gasteiger charge is -2.34. The first-order valence-electron chi connectivity index (χ1n) is 12.4. The van der Waals surface area contributed by atoms with E-state index >= 15 is 0 Å². The summed E-state index contributed by atoms with van der Waals surface area (Å²) < 4.78 is 12.1. The first-order chi connectivity index (χ1) is 15.4. The Morgan fingerprint density at radius 2 is 1.78 bits per heavy atom. The number of rotatable bonds is 10. The Morgan fingerprint density at radius 3 is 2.44 bits per heavy atom. The Bertz CT molecular complexity index is 711. The molecule has 2 heterocycles. The zero-order chi connectivity index (χ0) is 22.9. The number of methoxy groups -OCH3 is 1. The highest BCUT2D eigenvalue weighted by atomic mass is 79.9.